The first-order chi connectivity index (χ1) is 5.74. The molecule has 66 valence electrons. The highest BCUT2D eigenvalue weighted by Gasteiger charge is 2.25. The molecular weight excluding hydrogens is 158 g/mol. The number of hydrogen-bond donors (Lipinski definition) is 1. The maximum Gasteiger partial charge on any atom is 0.407 e. The number of nitrogens with zero attached hydrogens (tertiary/aromatic N) is 1. The van der Waals surface area contributed by atoms with Gasteiger partial charge in [-0.25, -0.2) is 4.79 Å². The SMILES string of the molecule is C#CCO[C@H]1CCN(C(=O)O)C1. The summed E-state index contributed by atoms with van der Waals surface area (Å²) >= 11 is 0. The van der Waals surface area contributed by atoms with E-state index in [1.165, 1.54) is 4.90 Å². The molecule has 1 saturated heterocycles. The number of carboxylic acid groups (broad SMARTS) is 1. The number of amides is 1. The molecular formula is C8H11NO3. The van der Waals surface area contributed by atoms with Crippen LogP contribution >= 0.6 is 0 Å². The molecule has 0 spiro atoms. The minimum atomic E-state index is -0.887. The van der Waals surface area contributed by atoms with Crippen molar-refractivity contribution in [1.29, 1.82) is 0 Å². The molecule has 12 heavy (non-hydrogen) atoms. The molecule has 0 aliphatic carbocycles. The van der Waals surface area contributed by atoms with Crippen LogP contribution in [0.4, 0.5) is 4.79 Å². The second kappa shape index (κ2) is 3.98. The molecule has 1 fully saturated rings. The van der Waals surface area contributed by atoms with Crippen molar-refractivity contribution in [3.05, 3.63) is 0 Å². The van der Waals surface area contributed by atoms with Crippen molar-refractivity contribution in [2.24, 2.45) is 0 Å². The zero-order valence-corrected chi connectivity index (χ0v) is 6.69. The van der Waals surface area contributed by atoms with Gasteiger partial charge in [0.1, 0.15) is 6.61 Å². The van der Waals surface area contributed by atoms with E-state index in [0.717, 1.165) is 6.42 Å². The van der Waals surface area contributed by atoms with Crippen molar-refractivity contribution in [3.8, 4) is 12.3 Å². The van der Waals surface area contributed by atoms with Gasteiger partial charge in [-0.05, 0) is 6.42 Å². The molecule has 1 amide bonds. The molecule has 4 heteroatoms. The summed E-state index contributed by atoms with van der Waals surface area (Å²) in [5.74, 6) is 2.35. The molecule has 0 aromatic heterocycles. The van der Waals surface area contributed by atoms with Gasteiger partial charge in [-0.3, -0.25) is 0 Å². The fourth-order valence-corrected chi connectivity index (χ4v) is 1.20. The van der Waals surface area contributed by atoms with Gasteiger partial charge in [0.15, 0.2) is 0 Å². The smallest absolute Gasteiger partial charge is 0.407 e. The first kappa shape index (κ1) is 8.88. The van der Waals surface area contributed by atoms with E-state index in [-0.39, 0.29) is 12.7 Å². The van der Waals surface area contributed by atoms with Gasteiger partial charge in [-0.1, -0.05) is 5.92 Å². The summed E-state index contributed by atoms with van der Waals surface area (Å²) < 4.78 is 5.19. The van der Waals surface area contributed by atoms with Crippen LogP contribution in [0.2, 0.25) is 0 Å². The lowest BCUT2D eigenvalue weighted by molar-refractivity contribution is 0.0818. The largest absolute Gasteiger partial charge is 0.465 e. The zero-order chi connectivity index (χ0) is 8.97. The number of likely N-dealkylation sites (tertiary alicyclic amines) is 1. The van der Waals surface area contributed by atoms with Crippen LogP contribution < -0.4 is 0 Å². The van der Waals surface area contributed by atoms with Crippen LogP contribution in [0.1, 0.15) is 6.42 Å². The highest BCUT2D eigenvalue weighted by Crippen LogP contribution is 2.11. The van der Waals surface area contributed by atoms with Crippen molar-refractivity contribution in [2.75, 3.05) is 19.7 Å². The Bertz CT molecular complexity index is 209. The molecule has 0 saturated carbocycles. The molecule has 1 aliphatic rings. The molecule has 0 aromatic rings. The molecule has 1 heterocycles. The Morgan fingerprint density at radius 2 is 2.58 bits per heavy atom. The van der Waals surface area contributed by atoms with E-state index in [0.29, 0.717) is 13.1 Å². The van der Waals surface area contributed by atoms with Gasteiger partial charge >= 0.3 is 6.09 Å². The molecule has 1 N–H and O–H groups in total. The number of ether oxygens (including phenoxy) is 1. The topological polar surface area (TPSA) is 49.8 Å². The number of carbonyl (C=O) groups is 1. The lowest BCUT2D eigenvalue weighted by Crippen LogP contribution is -2.28. The Morgan fingerprint density at radius 1 is 1.83 bits per heavy atom. The monoisotopic (exact) mass is 169 g/mol. The standard InChI is InChI=1S/C8H11NO3/c1-2-5-12-7-3-4-9(6-7)8(10)11/h1,7H,3-6H2,(H,10,11)/t7-/m0/s1. The summed E-state index contributed by atoms with van der Waals surface area (Å²) in [6.45, 7) is 1.25. The van der Waals surface area contributed by atoms with Crippen molar-refractivity contribution in [3.63, 3.8) is 0 Å². The van der Waals surface area contributed by atoms with Crippen molar-refractivity contribution in [2.45, 2.75) is 12.5 Å². The van der Waals surface area contributed by atoms with Crippen LogP contribution in [-0.2, 0) is 4.74 Å². The normalized spacial score (nSPS) is 22.2. The average molecular weight is 169 g/mol. The van der Waals surface area contributed by atoms with Gasteiger partial charge in [0, 0.05) is 6.54 Å². The van der Waals surface area contributed by atoms with E-state index >= 15 is 0 Å². The summed E-state index contributed by atoms with van der Waals surface area (Å²) in [5, 5.41) is 8.59. The minimum absolute atomic E-state index is 0.0165. The lowest BCUT2D eigenvalue weighted by Gasteiger charge is -2.11. The Hall–Kier alpha value is -1.21. The third-order valence-corrected chi connectivity index (χ3v) is 1.82. The highest BCUT2D eigenvalue weighted by atomic mass is 16.5. The van der Waals surface area contributed by atoms with E-state index < -0.39 is 6.09 Å². The van der Waals surface area contributed by atoms with Crippen molar-refractivity contribution < 1.29 is 14.6 Å². The quantitative estimate of drug-likeness (QED) is 0.608. The average Bonchev–Trinajstić information content (AvgIpc) is 2.48. The van der Waals surface area contributed by atoms with Gasteiger partial charge in [0.2, 0.25) is 0 Å². The van der Waals surface area contributed by atoms with Crippen LogP contribution in [0, 0.1) is 12.3 Å². The van der Waals surface area contributed by atoms with Crippen LogP contribution in [0.15, 0.2) is 0 Å². The molecule has 1 aliphatic heterocycles. The van der Waals surface area contributed by atoms with Crippen LogP contribution in [0.5, 0.6) is 0 Å². The van der Waals surface area contributed by atoms with Crippen molar-refractivity contribution in [1.82, 2.24) is 4.90 Å². The summed E-state index contributed by atoms with van der Waals surface area (Å²) in [6.07, 6.45) is 4.84. The Morgan fingerprint density at radius 3 is 3.08 bits per heavy atom. The maximum atomic E-state index is 10.5. The van der Waals surface area contributed by atoms with Gasteiger partial charge in [-0.15, -0.1) is 6.42 Å². The summed E-state index contributed by atoms with van der Waals surface area (Å²) in [6, 6.07) is 0. The number of hydrogen-bond acceptors (Lipinski definition) is 2. The van der Waals surface area contributed by atoms with E-state index in [1.807, 2.05) is 0 Å². The minimum Gasteiger partial charge on any atom is -0.465 e. The molecule has 0 bridgehead atoms. The molecule has 4 nitrogen and oxygen atoms in total. The first-order valence-electron chi connectivity index (χ1n) is 3.77. The van der Waals surface area contributed by atoms with E-state index in [9.17, 15) is 4.79 Å². The molecule has 0 unspecified atom stereocenters. The van der Waals surface area contributed by atoms with Crippen molar-refractivity contribution >= 4 is 6.09 Å². The summed E-state index contributed by atoms with van der Waals surface area (Å²) in [5.41, 5.74) is 0. The van der Waals surface area contributed by atoms with Gasteiger partial charge < -0.3 is 14.7 Å². The number of terminal acetylenes is 1. The fraction of sp³-hybridized carbons (Fsp3) is 0.625. The second-order valence-electron chi connectivity index (χ2n) is 2.65. The maximum absolute atomic E-state index is 10.5. The van der Waals surface area contributed by atoms with Gasteiger partial charge in [-0.2, -0.15) is 0 Å². The summed E-state index contributed by atoms with van der Waals surface area (Å²) in [7, 11) is 0. The Kier molecular flexibility index (Phi) is 2.94. The van der Waals surface area contributed by atoms with E-state index in [2.05, 4.69) is 5.92 Å². The van der Waals surface area contributed by atoms with Gasteiger partial charge in [0.25, 0.3) is 0 Å². The molecule has 0 radical (unpaired) electrons. The molecule has 0 aromatic carbocycles. The highest BCUT2D eigenvalue weighted by molar-refractivity contribution is 5.65. The summed E-state index contributed by atoms with van der Waals surface area (Å²) in [4.78, 5) is 11.8. The van der Waals surface area contributed by atoms with Crippen LogP contribution in [0.25, 0.3) is 0 Å². The van der Waals surface area contributed by atoms with Crippen LogP contribution in [0.3, 0.4) is 0 Å². The van der Waals surface area contributed by atoms with E-state index in [1.54, 1.807) is 0 Å². The van der Waals surface area contributed by atoms with Gasteiger partial charge in [0.05, 0.1) is 12.6 Å². The van der Waals surface area contributed by atoms with E-state index in [4.69, 9.17) is 16.3 Å². The Labute approximate surface area is 71.1 Å². The first-order valence-corrected chi connectivity index (χ1v) is 3.77. The number of rotatable bonds is 2. The molecule has 1 atom stereocenters. The predicted molar refractivity (Wildman–Crippen MR) is 42.8 cm³/mol. The second-order valence-corrected chi connectivity index (χ2v) is 2.65. The third-order valence-electron chi connectivity index (χ3n) is 1.82. The predicted octanol–water partition coefficient (Wildman–Crippen LogP) is 0.389. The Balaban J connectivity index is 2.27. The molecule has 1 rings (SSSR count). The lowest BCUT2D eigenvalue weighted by atomic mass is 10.3. The van der Waals surface area contributed by atoms with Crippen LogP contribution in [-0.4, -0.2) is 41.9 Å². The third kappa shape index (κ3) is 2.14. The fourth-order valence-electron chi connectivity index (χ4n) is 1.20. The zero-order valence-electron chi connectivity index (χ0n) is 6.69.